The summed E-state index contributed by atoms with van der Waals surface area (Å²) in [7, 11) is 1.95. The molecule has 1 unspecified atom stereocenters. The summed E-state index contributed by atoms with van der Waals surface area (Å²) in [5.74, 6) is 0. The highest BCUT2D eigenvalue weighted by atomic mass is 79.9. The Kier molecular flexibility index (Phi) is 3.76. The Morgan fingerprint density at radius 3 is 2.75 bits per heavy atom. The van der Waals surface area contributed by atoms with Crippen molar-refractivity contribution >= 4 is 26.7 Å². The van der Waals surface area contributed by atoms with Crippen molar-refractivity contribution in [2.24, 2.45) is 0 Å². The molecular formula is C16H14BrN3. The van der Waals surface area contributed by atoms with Crippen LogP contribution in [-0.2, 0) is 0 Å². The molecule has 1 aromatic carbocycles. The maximum atomic E-state index is 4.50. The van der Waals surface area contributed by atoms with Crippen LogP contribution in [0.2, 0.25) is 0 Å². The summed E-state index contributed by atoms with van der Waals surface area (Å²) in [6, 6.07) is 12.4. The minimum absolute atomic E-state index is 0.0519. The molecule has 0 spiro atoms. The number of aromatic nitrogens is 2. The zero-order valence-corrected chi connectivity index (χ0v) is 12.6. The minimum Gasteiger partial charge on any atom is -0.308 e. The molecule has 1 N–H and O–H groups in total. The standard InChI is InChI=1S/C16H14BrN3/c1-18-16(15-6-5-12(17)9-20-15)13-4-2-3-11-7-8-19-10-14(11)13/h2-10,16,18H,1H3. The number of rotatable bonds is 3. The van der Waals surface area contributed by atoms with Crippen molar-refractivity contribution in [3.8, 4) is 0 Å². The van der Waals surface area contributed by atoms with Crippen LogP contribution in [0.15, 0.2) is 59.5 Å². The van der Waals surface area contributed by atoms with Gasteiger partial charge in [-0.15, -0.1) is 0 Å². The van der Waals surface area contributed by atoms with E-state index in [4.69, 9.17) is 0 Å². The first-order valence-electron chi connectivity index (χ1n) is 6.41. The Morgan fingerprint density at radius 2 is 2.00 bits per heavy atom. The van der Waals surface area contributed by atoms with Crippen LogP contribution < -0.4 is 5.32 Å². The van der Waals surface area contributed by atoms with Gasteiger partial charge in [0.25, 0.3) is 0 Å². The van der Waals surface area contributed by atoms with Crippen LogP contribution >= 0.6 is 15.9 Å². The van der Waals surface area contributed by atoms with E-state index in [0.717, 1.165) is 15.6 Å². The molecule has 100 valence electrons. The third kappa shape index (κ3) is 2.44. The fourth-order valence-electron chi connectivity index (χ4n) is 2.41. The molecule has 0 saturated heterocycles. The van der Waals surface area contributed by atoms with Gasteiger partial charge >= 0.3 is 0 Å². The number of nitrogens with one attached hydrogen (secondary N) is 1. The highest BCUT2D eigenvalue weighted by molar-refractivity contribution is 9.10. The average Bonchev–Trinajstić information content (AvgIpc) is 2.50. The normalized spacial score (nSPS) is 12.5. The third-order valence-corrected chi connectivity index (χ3v) is 3.83. The van der Waals surface area contributed by atoms with Crippen LogP contribution in [0.5, 0.6) is 0 Å². The molecule has 0 aliphatic heterocycles. The lowest BCUT2D eigenvalue weighted by molar-refractivity contribution is 0.675. The van der Waals surface area contributed by atoms with Crippen LogP contribution in [0.3, 0.4) is 0 Å². The second kappa shape index (κ2) is 5.69. The molecule has 1 atom stereocenters. The van der Waals surface area contributed by atoms with Gasteiger partial charge in [0.2, 0.25) is 0 Å². The lowest BCUT2D eigenvalue weighted by atomic mass is 9.98. The average molecular weight is 328 g/mol. The van der Waals surface area contributed by atoms with Gasteiger partial charge in [-0.1, -0.05) is 18.2 Å². The van der Waals surface area contributed by atoms with E-state index in [0.29, 0.717) is 0 Å². The van der Waals surface area contributed by atoms with Gasteiger partial charge in [0, 0.05) is 28.4 Å². The number of pyridine rings is 2. The number of fused-ring (bicyclic) bond motifs is 1. The molecule has 2 heterocycles. The second-order valence-electron chi connectivity index (χ2n) is 4.57. The van der Waals surface area contributed by atoms with Crippen LogP contribution in [0.25, 0.3) is 10.8 Å². The molecule has 20 heavy (non-hydrogen) atoms. The largest absolute Gasteiger partial charge is 0.308 e. The molecule has 3 aromatic rings. The van der Waals surface area contributed by atoms with Crippen molar-refractivity contribution in [1.82, 2.24) is 15.3 Å². The van der Waals surface area contributed by atoms with Crippen molar-refractivity contribution in [1.29, 1.82) is 0 Å². The zero-order valence-electron chi connectivity index (χ0n) is 11.0. The van der Waals surface area contributed by atoms with Gasteiger partial charge in [0.1, 0.15) is 0 Å². The summed E-state index contributed by atoms with van der Waals surface area (Å²) in [4.78, 5) is 8.75. The van der Waals surface area contributed by atoms with E-state index in [1.54, 1.807) is 0 Å². The van der Waals surface area contributed by atoms with Gasteiger partial charge in [0.05, 0.1) is 11.7 Å². The number of hydrogen-bond acceptors (Lipinski definition) is 3. The monoisotopic (exact) mass is 327 g/mol. The first-order chi connectivity index (χ1) is 9.79. The van der Waals surface area contributed by atoms with Gasteiger partial charge in [-0.2, -0.15) is 0 Å². The van der Waals surface area contributed by atoms with Crippen LogP contribution in [0, 0.1) is 0 Å². The summed E-state index contributed by atoms with van der Waals surface area (Å²) in [6.07, 6.45) is 5.55. The molecule has 0 radical (unpaired) electrons. The van der Waals surface area contributed by atoms with E-state index >= 15 is 0 Å². The van der Waals surface area contributed by atoms with Crippen molar-refractivity contribution in [2.75, 3.05) is 7.05 Å². The Labute approximate surface area is 126 Å². The highest BCUT2D eigenvalue weighted by Gasteiger charge is 2.15. The van der Waals surface area contributed by atoms with Crippen molar-refractivity contribution < 1.29 is 0 Å². The summed E-state index contributed by atoms with van der Waals surface area (Å²) < 4.78 is 0.982. The Bertz CT molecular complexity index is 720. The van der Waals surface area contributed by atoms with Crippen molar-refractivity contribution in [2.45, 2.75) is 6.04 Å². The van der Waals surface area contributed by atoms with Gasteiger partial charge < -0.3 is 5.32 Å². The van der Waals surface area contributed by atoms with Crippen LogP contribution in [0.4, 0.5) is 0 Å². The molecule has 3 nitrogen and oxygen atoms in total. The highest BCUT2D eigenvalue weighted by Crippen LogP contribution is 2.27. The predicted molar refractivity (Wildman–Crippen MR) is 84.6 cm³/mol. The summed E-state index contributed by atoms with van der Waals surface area (Å²) in [5.41, 5.74) is 2.18. The summed E-state index contributed by atoms with van der Waals surface area (Å²) >= 11 is 3.42. The third-order valence-electron chi connectivity index (χ3n) is 3.36. The number of halogens is 1. The molecule has 0 saturated carbocycles. The fourth-order valence-corrected chi connectivity index (χ4v) is 2.64. The Balaban J connectivity index is 2.14. The van der Waals surface area contributed by atoms with Crippen molar-refractivity contribution in [3.05, 3.63) is 70.7 Å². The van der Waals surface area contributed by atoms with E-state index in [-0.39, 0.29) is 6.04 Å². The van der Waals surface area contributed by atoms with Gasteiger partial charge in [0.15, 0.2) is 0 Å². The topological polar surface area (TPSA) is 37.8 Å². The quantitative estimate of drug-likeness (QED) is 0.797. The number of hydrogen-bond donors (Lipinski definition) is 1. The first kappa shape index (κ1) is 13.2. The molecule has 0 amide bonds. The zero-order chi connectivity index (χ0) is 13.9. The SMILES string of the molecule is CNC(c1ccc(Br)cn1)c1cccc2ccncc12. The minimum atomic E-state index is 0.0519. The second-order valence-corrected chi connectivity index (χ2v) is 5.48. The Hall–Kier alpha value is -1.78. The van der Waals surface area contributed by atoms with E-state index in [9.17, 15) is 0 Å². The lowest BCUT2D eigenvalue weighted by Gasteiger charge is -2.18. The summed E-state index contributed by atoms with van der Waals surface area (Å²) in [5, 5.41) is 5.68. The van der Waals surface area contributed by atoms with Crippen molar-refractivity contribution in [3.63, 3.8) is 0 Å². The molecule has 3 rings (SSSR count). The number of nitrogens with zero attached hydrogens (tertiary/aromatic N) is 2. The maximum absolute atomic E-state index is 4.50. The molecule has 2 aromatic heterocycles. The molecule has 0 aliphatic carbocycles. The van der Waals surface area contributed by atoms with Crippen LogP contribution in [-0.4, -0.2) is 17.0 Å². The molecule has 0 aliphatic rings. The van der Waals surface area contributed by atoms with E-state index < -0.39 is 0 Å². The molecule has 0 fully saturated rings. The molecular weight excluding hydrogens is 314 g/mol. The number of benzene rings is 1. The lowest BCUT2D eigenvalue weighted by Crippen LogP contribution is -2.19. The van der Waals surface area contributed by atoms with Crippen LogP contribution in [0.1, 0.15) is 17.3 Å². The molecule has 0 bridgehead atoms. The van der Waals surface area contributed by atoms with Gasteiger partial charge in [-0.05, 0) is 52.1 Å². The van der Waals surface area contributed by atoms with Gasteiger partial charge in [-0.3, -0.25) is 9.97 Å². The van der Waals surface area contributed by atoms with E-state index in [2.05, 4.69) is 49.4 Å². The summed E-state index contributed by atoms with van der Waals surface area (Å²) in [6.45, 7) is 0. The first-order valence-corrected chi connectivity index (χ1v) is 7.20. The predicted octanol–water partition coefficient (Wildman–Crippen LogP) is 3.70. The Morgan fingerprint density at radius 1 is 1.10 bits per heavy atom. The maximum Gasteiger partial charge on any atom is 0.0755 e. The smallest absolute Gasteiger partial charge is 0.0755 e. The van der Waals surface area contributed by atoms with E-state index in [1.165, 1.54) is 10.9 Å². The van der Waals surface area contributed by atoms with Gasteiger partial charge in [-0.25, -0.2) is 0 Å². The van der Waals surface area contributed by atoms with E-state index in [1.807, 2.05) is 43.8 Å². The molecule has 4 heteroatoms. The fraction of sp³-hybridized carbons (Fsp3) is 0.125.